The average molecular weight is 324 g/mol. The molecule has 1 N–H and O–H groups in total. The van der Waals surface area contributed by atoms with Crippen LogP contribution in [0.3, 0.4) is 0 Å². The summed E-state index contributed by atoms with van der Waals surface area (Å²) in [5, 5.41) is 3.23. The van der Waals surface area contributed by atoms with E-state index in [0.717, 1.165) is 5.69 Å². The van der Waals surface area contributed by atoms with Gasteiger partial charge in [0, 0.05) is 22.9 Å². The summed E-state index contributed by atoms with van der Waals surface area (Å²) in [7, 11) is 0. The molecule has 1 amide bonds. The Morgan fingerprint density at radius 2 is 1.95 bits per heavy atom. The standard InChI is InChI=1S/C15H15Cl2N3O/c1-15(2,3)11-7-9(8-12(16)20-11)14(21)19-10-5-4-6-18-13(10)17/h4-8H,1-3H3,(H,19,21). The molecule has 0 bridgehead atoms. The summed E-state index contributed by atoms with van der Waals surface area (Å²) in [4.78, 5) is 20.5. The zero-order valence-electron chi connectivity index (χ0n) is 11.9. The molecule has 4 nitrogen and oxygen atoms in total. The molecule has 0 saturated heterocycles. The minimum absolute atomic E-state index is 0.203. The van der Waals surface area contributed by atoms with Crippen molar-refractivity contribution in [2.24, 2.45) is 0 Å². The summed E-state index contributed by atoms with van der Waals surface area (Å²) in [6.07, 6.45) is 1.55. The Morgan fingerprint density at radius 3 is 2.57 bits per heavy atom. The maximum absolute atomic E-state index is 12.3. The third kappa shape index (κ3) is 3.93. The van der Waals surface area contributed by atoms with Crippen molar-refractivity contribution in [3.63, 3.8) is 0 Å². The molecule has 6 heteroatoms. The predicted octanol–water partition coefficient (Wildman–Crippen LogP) is 4.33. The lowest BCUT2D eigenvalue weighted by Gasteiger charge is -2.18. The smallest absolute Gasteiger partial charge is 0.255 e. The Bertz CT molecular complexity index is 681. The summed E-state index contributed by atoms with van der Waals surface area (Å²) >= 11 is 11.9. The number of aromatic nitrogens is 2. The van der Waals surface area contributed by atoms with Crippen molar-refractivity contribution < 1.29 is 4.79 Å². The molecular weight excluding hydrogens is 309 g/mol. The molecule has 2 heterocycles. The predicted molar refractivity (Wildman–Crippen MR) is 85.1 cm³/mol. The molecule has 110 valence electrons. The van der Waals surface area contributed by atoms with Crippen molar-refractivity contribution in [1.82, 2.24) is 9.97 Å². The van der Waals surface area contributed by atoms with E-state index in [9.17, 15) is 4.79 Å². The first-order chi connectivity index (χ1) is 9.77. The summed E-state index contributed by atoms with van der Waals surface area (Å²) in [5.74, 6) is -0.306. The van der Waals surface area contributed by atoms with E-state index in [2.05, 4.69) is 15.3 Å². The molecule has 2 aromatic rings. The normalized spacial score (nSPS) is 11.3. The molecule has 0 aliphatic carbocycles. The number of carbonyl (C=O) groups excluding carboxylic acids is 1. The van der Waals surface area contributed by atoms with Gasteiger partial charge >= 0.3 is 0 Å². The second-order valence-corrected chi connectivity index (χ2v) is 6.35. The van der Waals surface area contributed by atoms with Crippen LogP contribution in [-0.4, -0.2) is 15.9 Å². The lowest BCUT2D eigenvalue weighted by molar-refractivity contribution is 0.102. The van der Waals surface area contributed by atoms with Gasteiger partial charge in [-0.05, 0) is 24.3 Å². The molecule has 0 spiro atoms. The largest absolute Gasteiger partial charge is 0.319 e. The zero-order chi connectivity index (χ0) is 15.6. The summed E-state index contributed by atoms with van der Waals surface area (Å²) in [6.45, 7) is 6.02. The van der Waals surface area contributed by atoms with Crippen molar-refractivity contribution in [1.29, 1.82) is 0 Å². The highest BCUT2D eigenvalue weighted by atomic mass is 35.5. The Morgan fingerprint density at radius 1 is 1.24 bits per heavy atom. The summed E-state index contributed by atoms with van der Waals surface area (Å²) in [5.41, 5.74) is 1.43. The van der Waals surface area contributed by atoms with E-state index < -0.39 is 0 Å². The van der Waals surface area contributed by atoms with Crippen LogP contribution in [0.2, 0.25) is 10.3 Å². The van der Waals surface area contributed by atoms with Gasteiger partial charge in [0.05, 0.1) is 5.69 Å². The first kappa shape index (κ1) is 15.7. The molecule has 0 aliphatic heterocycles. The first-order valence-corrected chi connectivity index (χ1v) is 7.13. The van der Waals surface area contributed by atoms with E-state index in [1.165, 1.54) is 6.07 Å². The van der Waals surface area contributed by atoms with Crippen LogP contribution in [-0.2, 0) is 5.41 Å². The molecule has 0 atom stereocenters. The second-order valence-electron chi connectivity index (χ2n) is 5.61. The topological polar surface area (TPSA) is 54.9 Å². The molecular formula is C15H15Cl2N3O. The third-order valence-corrected chi connectivity index (χ3v) is 3.33. The van der Waals surface area contributed by atoms with Gasteiger partial charge in [-0.25, -0.2) is 9.97 Å². The van der Waals surface area contributed by atoms with Gasteiger partial charge < -0.3 is 5.32 Å². The monoisotopic (exact) mass is 323 g/mol. The van der Waals surface area contributed by atoms with E-state index >= 15 is 0 Å². The molecule has 0 unspecified atom stereocenters. The van der Waals surface area contributed by atoms with Gasteiger partial charge in [-0.1, -0.05) is 44.0 Å². The lowest BCUT2D eigenvalue weighted by Crippen LogP contribution is -2.18. The number of hydrogen-bond donors (Lipinski definition) is 1. The quantitative estimate of drug-likeness (QED) is 0.836. The minimum atomic E-state index is -0.306. The van der Waals surface area contributed by atoms with E-state index in [0.29, 0.717) is 11.3 Å². The molecule has 0 fully saturated rings. The number of nitrogens with one attached hydrogen (secondary N) is 1. The highest BCUT2D eigenvalue weighted by Gasteiger charge is 2.19. The number of anilines is 1. The zero-order valence-corrected chi connectivity index (χ0v) is 13.5. The number of nitrogens with zero attached hydrogens (tertiary/aromatic N) is 2. The Balaban J connectivity index is 2.32. The van der Waals surface area contributed by atoms with Crippen LogP contribution in [0.4, 0.5) is 5.69 Å². The molecule has 2 rings (SSSR count). The Hall–Kier alpha value is -1.65. The number of halogens is 2. The number of rotatable bonds is 2. The maximum atomic E-state index is 12.3. The lowest BCUT2D eigenvalue weighted by atomic mass is 9.91. The molecule has 0 aromatic carbocycles. The van der Waals surface area contributed by atoms with Gasteiger partial charge in [-0.3, -0.25) is 4.79 Å². The van der Waals surface area contributed by atoms with E-state index in [1.807, 2.05) is 20.8 Å². The van der Waals surface area contributed by atoms with Gasteiger partial charge in [-0.15, -0.1) is 0 Å². The van der Waals surface area contributed by atoms with Crippen molar-refractivity contribution in [3.8, 4) is 0 Å². The molecule has 0 saturated carbocycles. The summed E-state index contributed by atoms with van der Waals surface area (Å²) < 4.78 is 0. The number of carbonyl (C=O) groups is 1. The van der Waals surface area contributed by atoms with Crippen LogP contribution < -0.4 is 5.32 Å². The van der Waals surface area contributed by atoms with Crippen LogP contribution in [0.1, 0.15) is 36.8 Å². The van der Waals surface area contributed by atoms with Crippen LogP contribution in [0.25, 0.3) is 0 Å². The van der Waals surface area contributed by atoms with E-state index in [1.54, 1.807) is 24.4 Å². The molecule has 0 aliphatic rings. The van der Waals surface area contributed by atoms with Gasteiger partial charge in [0.2, 0.25) is 0 Å². The number of hydrogen-bond acceptors (Lipinski definition) is 3. The molecule has 0 radical (unpaired) electrons. The molecule has 21 heavy (non-hydrogen) atoms. The van der Waals surface area contributed by atoms with Crippen LogP contribution in [0, 0.1) is 0 Å². The highest BCUT2D eigenvalue weighted by Crippen LogP contribution is 2.24. The highest BCUT2D eigenvalue weighted by molar-refractivity contribution is 6.32. The number of pyridine rings is 2. The first-order valence-electron chi connectivity index (χ1n) is 6.37. The second kappa shape index (κ2) is 6.00. The van der Waals surface area contributed by atoms with Gasteiger partial charge in [0.15, 0.2) is 5.15 Å². The van der Waals surface area contributed by atoms with Gasteiger partial charge in [0.1, 0.15) is 5.15 Å². The van der Waals surface area contributed by atoms with Gasteiger partial charge in [-0.2, -0.15) is 0 Å². The van der Waals surface area contributed by atoms with Gasteiger partial charge in [0.25, 0.3) is 5.91 Å². The fourth-order valence-corrected chi connectivity index (χ4v) is 2.06. The van der Waals surface area contributed by atoms with E-state index in [-0.39, 0.29) is 21.6 Å². The third-order valence-electron chi connectivity index (χ3n) is 2.83. The van der Waals surface area contributed by atoms with E-state index in [4.69, 9.17) is 23.2 Å². The van der Waals surface area contributed by atoms with Crippen molar-refractivity contribution in [2.45, 2.75) is 26.2 Å². The van der Waals surface area contributed by atoms with Crippen LogP contribution in [0.5, 0.6) is 0 Å². The fraction of sp³-hybridized carbons (Fsp3) is 0.267. The SMILES string of the molecule is CC(C)(C)c1cc(C(=O)Nc2cccnc2Cl)cc(Cl)n1. The van der Waals surface area contributed by atoms with Crippen LogP contribution in [0.15, 0.2) is 30.5 Å². The molecule has 2 aromatic heterocycles. The van der Waals surface area contributed by atoms with Crippen LogP contribution >= 0.6 is 23.2 Å². The fourth-order valence-electron chi connectivity index (χ4n) is 1.69. The minimum Gasteiger partial charge on any atom is -0.319 e. The van der Waals surface area contributed by atoms with Crippen molar-refractivity contribution in [3.05, 3.63) is 52.0 Å². The Labute approximate surface area is 133 Å². The average Bonchev–Trinajstić information content (AvgIpc) is 2.39. The summed E-state index contributed by atoms with van der Waals surface area (Å²) in [6, 6.07) is 6.63. The van der Waals surface area contributed by atoms with Crippen molar-refractivity contribution in [2.75, 3.05) is 5.32 Å². The Kier molecular flexibility index (Phi) is 4.49. The number of amides is 1. The van der Waals surface area contributed by atoms with Crippen molar-refractivity contribution >= 4 is 34.8 Å². The maximum Gasteiger partial charge on any atom is 0.255 e.